The van der Waals surface area contributed by atoms with Gasteiger partial charge in [-0.15, -0.1) is 0 Å². The van der Waals surface area contributed by atoms with Crippen LogP contribution in [0, 0.1) is 5.92 Å². The molecular weight excluding hydrogens is 314 g/mol. The first kappa shape index (κ1) is 17.3. The Labute approximate surface area is 148 Å². The first-order chi connectivity index (χ1) is 12.1. The molecule has 0 radical (unpaired) electrons. The van der Waals surface area contributed by atoms with Crippen molar-refractivity contribution in [3.8, 4) is 0 Å². The maximum absolute atomic E-state index is 12.3. The molecule has 0 unspecified atom stereocenters. The van der Waals surface area contributed by atoms with Crippen molar-refractivity contribution >= 4 is 22.7 Å². The average molecular weight is 339 g/mol. The van der Waals surface area contributed by atoms with Crippen molar-refractivity contribution in [2.45, 2.75) is 19.8 Å². The second-order valence-electron chi connectivity index (χ2n) is 6.76. The predicted octanol–water partition coefficient (Wildman–Crippen LogP) is 2.55. The standard InChI is InChI=1S/C20H25N3O2/c1-15(12-17-8-4-7-16-6-2-3-9-18(16)17)13-22-20(25)23-11-5-10-21-19(24)14-23/h2-4,6-9,15H,5,10-14H2,1H3,(H,21,24)(H,22,25)/t15-/m1/s1. The minimum atomic E-state index is -0.151. The Kier molecular flexibility index (Phi) is 5.53. The molecule has 132 valence electrons. The molecule has 1 saturated heterocycles. The zero-order chi connectivity index (χ0) is 17.6. The van der Waals surface area contributed by atoms with Gasteiger partial charge in [-0.2, -0.15) is 0 Å². The van der Waals surface area contributed by atoms with E-state index < -0.39 is 0 Å². The number of hydrogen-bond donors (Lipinski definition) is 2. The van der Waals surface area contributed by atoms with Crippen molar-refractivity contribution < 1.29 is 9.59 Å². The maximum atomic E-state index is 12.3. The second-order valence-corrected chi connectivity index (χ2v) is 6.76. The van der Waals surface area contributed by atoms with Gasteiger partial charge in [-0.1, -0.05) is 49.4 Å². The Morgan fingerprint density at radius 3 is 2.92 bits per heavy atom. The molecule has 5 heteroatoms. The lowest BCUT2D eigenvalue weighted by molar-refractivity contribution is -0.121. The van der Waals surface area contributed by atoms with Crippen molar-refractivity contribution in [1.29, 1.82) is 0 Å². The molecule has 0 aliphatic carbocycles. The van der Waals surface area contributed by atoms with Crippen LogP contribution in [0.4, 0.5) is 4.79 Å². The molecular formula is C20H25N3O2. The van der Waals surface area contributed by atoms with Gasteiger partial charge in [0, 0.05) is 19.6 Å². The molecule has 1 heterocycles. The number of benzene rings is 2. The van der Waals surface area contributed by atoms with E-state index in [4.69, 9.17) is 0 Å². The maximum Gasteiger partial charge on any atom is 0.317 e. The Morgan fingerprint density at radius 1 is 1.24 bits per heavy atom. The molecule has 2 N–H and O–H groups in total. The van der Waals surface area contributed by atoms with E-state index in [0.717, 1.165) is 12.8 Å². The van der Waals surface area contributed by atoms with Gasteiger partial charge in [0.2, 0.25) is 5.91 Å². The van der Waals surface area contributed by atoms with Gasteiger partial charge in [-0.25, -0.2) is 4.79 Å². The van der Waals surface area contributed by atoms with E-state index in [1.807, 2.05) is 6.07 Å². The summed E-state index contributed by atoms with van der Waals surface area (Å²) in [7, 11) is 0. The summed E-state index contributed by atoms with van der Waals surface area (Å²) in [5.74, 6) is 0.229. The van der Waals surface area contributed by atoms with Gasteiger partial charge >= 0.3 is 6.03 Å². The van der Waals surface area contributed by atoms with Gasteiger partial charge in [-0.3, -0.25) is 4.79 Å². The molecule has 2 aromatic rings. The summed E-state index contributed by atoms with van der Waals surface area (Å²) < 4.78 is 0. The fourth-order valence-electron chi connectivity index (χ4n) is 3.27. The molecule has 3 amide bonds. The van der Waals surface area contributed by atoms with E-state index in [2.05, 4.69) is 54.0 Å². The monoisotopic (exact) mass is 339 g/mol. The molecule has 5 nitrogen and oxygen atoms in total. The highest BCUT2D eigenvalue weighted by Gasteiger charge is 2.19. The molecule has 1 aliphatic heterocycles. The van der Waals surface area contributed by atoms with Gasteiger partial charge in [-0.05, 0) is 35.1 Å². The van der Waals surface area contributed by atoms with E-state index >= 15 is 0 Å². The van der Waals surface area contributed by atoms with Gasteiger partial charge in [0.1, 0.15) is 6.54 Å². The van der Waals surface area contributed by atoms with Crippen LogP contribution in [0.15, 0.2) is 42.5 Å². The van der Waals surface area contributed by atoms with Crippen molar-refractivity contribution in [3.63, 3.8) is 0 Å². The van der Waals surface area contributed by atoms with Crippen LogP contribution in [0.5, 0.6) is 0 Å². The lowest BCUT2D eigenvalue weighted by Crippen LogP contribution is -2.44. The van der Waals surface area contributed by atoms with Crippen LogP contribution in [0.25, 0.3) is 10.8 Å². The Morgan fingerprint density at radius 2 is 2.04 bits per heavy atom. The van der Waals surface area contributed by atoms with E-state index in [9.17, 15) is 9.59 Å². The highest BCUT2D eigenvalue weighted by atomic mass is 16.2. The molecule has 0 saturated carbocycles. The highest BCUT2D eigenvalue weighted by molar-refractivity contribution is 5.86. The summed E-state index contributed by atoms with van der Waals surface area (Å²) in [6.07, 6.45) is 1.70. The number of carbonyl (C=O) groups excluding carboxylic acids is 2. The highest BCUT2D eigenvalue weighted by Crippen LogP contribution is 2.21. The number of nitrogens with zero attached hydrogens (tertiary/aromatic N) is 1. The van der Waals surface area contributed by atoms with Crippen molar-refractivity contribution in [2.75, 3.05) is 26.2 Å². The van der Waals surface area contributed by atoms with Crippen LogP contribution in [0.1, 0.15) is 18.9 Å². The molecule has 1 atom stereocenters. The number of hydrogen-bond acceptors (Lipinski definition) is 2. The van der Waals surface area contributed by atoms with Crippen LogP contribution in [-0.2, 0) is 11.2 Å². The minimum Gasteiger partial charge on any atom is -0.354 e. The molecule has 0 aromatic heterocycles. The Hall–Kier alpha value is -2.56. The van der Waals surface area contributed by atoms with Crippen LogP contribution in [0.2, 0.25) is 0 Å². The molecule has 0 spiro atoms. The van der Waals surface area contributed by atoms with Gasteiger partial charge in [0.15, 0.2) is 0 Å². The molecule has 2 aromatic carbocycles. The van der Waals surface area contributed by atoms with E-state index in [1.165, 1.54) is 16.3 Å². The molecule has 25 heavy (non-hydrogen) atoms. The van der Waals surface area contributed by atoms with Gasteiger partial charge in [0.25, 0.3) is 0 Å². The van der Waals surface area contributed by atoms with E-state index in [0.29, 0.717) is 25.6 Å². The van der Waals surface area contributed by atoms with Crippen molar-refractivity contribution in [3.05, 3.63) is 48.0 Å². The number of fused-ring (bicyclic) bond motifs is 1. The van der Waals surface area contributed by atoms with E-state index in [-0.39, 0.29) is 18.5 Å². The summed E-state index contributed by atoms with van der Waals surface area (Å²) in [4.78, 5) is 25.5. The van der Waals surface area contributed by atoms with Crippen LogP contribution < -0.4 is 10.6 Å². The lowest BCUT2D eigenvalue weighted by atomic mass is 9.96. The topological polar surface area (TPSA) is 61.4 Å². The zero-order valence-corrected chi connectivity index (χ0v) is 14.6. The number of rotatable bonds is 4. The number of amides is 3. The molecule has 0 bridgehead atoms. The molecule has 1 fully saturated rings. The van der Waals surface area contributed by atoms with E-state index in [1.54, 1.807) is 4.90 Å². The zero-order valence-electron chi connectivity index (χ0n) is 14.6. The SMILES string of the molecule is C[C@@H](CNC(=O)N1CCCNC(=O)C1)Cc1cccc2ccccc12. The summed E-state index contributed by atoms with van der Waals surface area (Å²) >= 11 is 0. The number of carbonyl (C=O) groups is 2. The number of urea groups is 1. The normalized spacial score (nSPS) is 16.2. The van der Waals surface area contributed by atoms with Crippen LogP contribution in [0.3, 0.4) is 0 Å². The van der Waals surface area contributed by atoms with Crippen molar-refractivity contribution in [2.24, 2.45) is 5.92 Å². The third-order valence-corrected chi connectivity index (χ3v) is 4.60. The Balaban J connectivity index is 1.56. The van der Waals surface area contributed by atoms with Gasteiger partial charge < -0.3 is 15.5 Å². The summed E-state index contributed by atoms with van der Waals surface area (Å²) in [6, 6.07) is 14.6. The number of nitrogens with one attached hydrogen (secondary N) is 2. The van der Waals surface area contributed by atoms with Crippen LogP contribution in [-0.4, -0.2) is 43.0 Å². The molecule has 3 rings (SSSR count). The first-order valence-corrected chi connectivity index (χ1v) is 8.89. The molecule has 1 aliphatic rings. The fourth-order valence-corrected chi connectivity index (χ4v) is 3.27. The summed E-state index contributed by atoms with van der Waals surface area (Å²) in [5, 5.41) is 8.27. The smallest absolute Gasteiger partial charge is 0.317 e. The third-order valence-electron chi connectivity index (χ3n) is 4.60. The fraction of sp³-hybridized carbons (Fsp3) is 0.400. The minimum absolute atomic E-state index is 0.0866. The first-order valence-electron chi connectivity index (χ1n) is 8.89. The van der Waals surface area contributed by atoms with Crippen molar-refractivity contribution in [1.82, 2.24) is 15.5 Å². The largest absolute Gasteiger partial charge is 0.354 e. The average Bonchev–Trinajstić information content (AvgIpc) is 2.84. The van der Waals surface area contributed by atoms with Crippen LogP contribution >= 0.6 is 0 Å². The summed E-state index contributed by atoms with van der Waals surface area (Å²) in [6.45, 7) is 4.13. The second kappa shape index (κ2) is 8.01. The Bertz CT molecular complexity index is 754. The predicted molar refractivity (Wildman–Crippen MR) is 99.4 cm³/mol. The van der Waals surface area contributed by atoms with Gasteiger partial charge in [0.05, 0.1) is 0 Å². The quantitative estimate of drug-likeness (QED) is 0.899. The lowest BCUT2D eigenvalue weighted by Gasteiger charge is -2.21. The third kappa shape index (κ3) is 4.50. The summed E-state index contributed by atoms with van der Waals surface area (Å²) in [5.41, 5.74) is 1.30.